The molecule has 1 fully saturated rings. The normalized spacial score (nSPS) is 30.1. The van der Waals surface area contributed by atoms with E-state index in [0.29, 0.717) is 5.41 Å². The third-order valence-electron chi connectivity index (χ3n) is 4.18. The zero-order chi connectivity index (χ0) is 10.1. The first kappa shape index (κ1) is 9.41. The second kappa shape index (κ2) is 3.64. The van der Waals surface area contributed by atoms with Gasteiger partial charge in [-0.1, -0.05) is 30.7 Å². The fraction of sp³-hybridized carbons (Fsp3) is 0.571. The molecule has 1 spiro atoms. The Bertz CT molecular complexity index is 350. The van der Waals surface area contributed by atoms with E-state index >= 15 is 0 Å². The van der Waals surface area contributed by atoms with Gasteiger partial charge >= 0.3 is 0 Å². The standard InChI is InChI=1S/C14H19N/c1-2-7-13-12(5-1)6-3-4-8-14(13)9-10-15-11-14/h1-2,5,7,15H,3-4,6,8-11H2. The Morgan fingerprint density at radius 1 is 1.07 bits per heavy atom. The number of hydrogen-bond acceptors (Lipinski definition) is 1. The molecule has 1 atom stereocenters. The van der Waals surface area contributed by atoms with Crippen molar-refractivity contribution in [3.8, 4) is 0 Å². The van der Waals surface area contributed by atoms with E-state index in [1.54, 1.807) is 11.1 Å². The highest BCUT2D eigenvalue weighted by atomic mass is 14.9. The minimum atomic E-state index is 0.479. The highest BCUT2D eigenvalue weighted by Gasteiger charge is 2.37. The lowest BCUT2D eigenvalue weighted by molar-refractivity contribution is 0.424. The Balaban J connectivity index is 2.09. The van der Waals surface area contributed by atoms with Gasteiger partial charge in [0.2, 0.25) is 0 Å². The van der Waals surface area contributed by atoms with Crippen LogP contribution in [0.1, 0.15) is 36.8 Å². The molecule has 2 aliphatic rings. The Morgan fingerprint density at radius 2 is 2.00 bits per heavy atom. The van der Waals surface area contributed by atoms with Crippen LogP contribution in [-0.4, -0.2) is 13.1 Å². The predicted octanol–water partition coefficient (Wildman–Crippen LogP) is 2.64. The van der Waals surface area contributed by atoms with Crippen LogP contribution in [-0.2, 0) is 11.8 Å². The van der Waals surface area contributed by atoms with Crippen molar-refractivity contribution < 1.29 is 0 Å². The summed E-state index contributed by atoms with van der Waals surface area (Å²) in [5, 5.41) is 3.55. The SMILES string of the molecule is c1ccc2c(c1)CCCCC21CCNC1. The van der Waals surface area contributed by atoms with E-state index in [0.717, 1.165) is 0 Å². The van der Waals surface area contributed by atoms with Crippen molar-refractivity contribution >= 4 is 0 Å². The van der Waals surface area contributed by atoms with Gasteiger partial charge in [-0.25, -0.2) is 0 Å². The first-order valence-electron chi connectivity index (χ1n) is 6.20. The topological polar surface area (TPSA) is 12.0 Å². The summed E-state index contributed by atoms with van der Waals surface area (Å²) in [6.45, 7) is 2.40. The molecule has 1 aliphatic carbocycles. The van der Waals surface area contributed by atoms with Gasteiger partial charge in [-0.05, 0) is 43.4 Å². The molecule has 0 saturated carbocycles. The Morgan fingerprint density at radius 3 is 2.87 bits per heavy atom. The summed E-state index contributed by atoms with van der Waals surface area (Å²) >= 11 is 0. The second-order valence-electron chi connectivity index (χ2n) is 5.07. The van der Waals surface area contributed by atoms with E-state index in [2.05, 4.69) is 29.6 Å². The number of nitrogens with one attached hydrogen (secondary N) is 1. The number of benzene rings is 1. The summed E-state index contributed by atoms with van der Waals surface area (Å²) in [7, 11) is 0. The van der Waals surface area contributed by atoms with Crippen molar-refractivity contribution in [2.24, 2.45) is 0 Å². The van der Waals surface area contributed by atoms with Crippen LogP contribution in [0, 0.1) is 0 Å². The fourth-order valence-electron chi connectivity index (χ4n) is 3.36. The minimum Gasteiger partial charge on any atom is -0.316 e. The molecule has 1 aromatic carbocycles. The highest BCUT2D eigenvalue weighted by Crippen LogP contribution is 2.40. The highest BCUT2D eigenvalue weighted by molar-refractivity contribution is 5.37. The molecule has 0 bridgehead atoms. The van der Waals surface area contributed by atoms with E-state index in [4.69, 9.17) is 0 Å². The smallest absolute Gasteiger partial charge is 0.00925 e. The summed E-state index contributed by atoms with van der Waals surface area (Å²) in [6, 6.07) is 9.11. The van der Waals surface area contributed by atoms with Gasteiger partial charge < -0.3 is 5.32 Å². The first-order valence-corrected chi connectivity index (χ1v) is 6.20. The van der Waals surface area contributed by atoms with E-state index in [1.807, 2.05) is 0 Å². The van der Waals surface area contributed by atoms with Gasteiger partial charge in [-0.2, -0.15) is 0 Å². The summed E-state index contributed by atoms with van der Waals surface area (Å²) in [5.41, 5.74) is 3.74. The van der Waals surface area contributed by atoms with Crippen LogP contribution < -0.4 is 5.32 Å². The zero-order valence-electron chi connectivity index (χ0n) is 9.26. The maximum atomic E-state index is 3.55. The van der Waals surface area contributed by atoms with Crippen LogP contribution in [0.3, 0.4) is 0 Å². The third-order valence-corrected chi connectivity index (χ3v) is 4.18. The Labute approximate surface area is 91.9 Å². The molecular formula is C14H19N. The monoisotopic (exact) mass is 201 g/mol. The Hall–Kier alpha value is -0.820. The second-order valence-corrected chi connectivity index (χ2v) is 5.07. The molecule has 1 nitrogen and oxygen atoms in total. The lowest BCUT2D eigenvalue weighted by atomic mass is 9.75. The van der Waals surface area contributed by atoms with Crippen molar-refractivity contribution in [3.05, 3.63) is 35.4 Å². The molecule has 1 aliphatic heterocycles. The number of aryl methyl sites for hydroxylation is 1. The summed E-state index contributed by atoms with van der Waals surface area (Å²) in [4.78, 5) is 0. The van der Waals surface area contributed by atoms with Gasteiger partial charge in [0.25, 0.3) is 0 Å². The van der Waals surface area contributed by atoms with Crippen molar-refractivity contribution in [1.82, 2.24) is 5.32 Å². The van der Waals surface area contributed by atoms with Crippen LogP contribution >= 0.6 is 0 Å². The molecule has 1 heterocycles. The largest absolute Gasteiger partial charge is 0.316 e. The fourth-order valence-corrected chi connectivity index (χ4v) is 3.36. The van der Waals surface area contributed by atoms with Gasteiger partial charge in [-0.3, -0.25) is 0 Å². The van der Waals surface area contributed by atoms with E-state index in [9.17, 15) is 0 Å². The van der Waals surface area contributed by atoms with Crippen LogP contribution in [0.4, 0.5) is 0 Å². The molecule has 1 heteroatoms. The minimum absolute atomic E-state index is 0.479. The molecular weight excluding hydrogens is 182 g/mol. The van der Waals surface area contributed by atoms with Gasteiger partial charge in [0, 0.05) is 12.0 Å². The maximum absolute atomic E-state index is 3.55. The van der Waals surface area contributed by atoms with Crippen molar-refractivity contribution in [1.29, 1.82) is 0 Å². The molecule has 0 amide bonds. The van der Waals surface area contributed by atoms with E-state index < -0.39 is 0 Å². The van der Waals surface area contributed by atoms with Crippen LogP contribution in [0.15, 0.2) is 24.3 Å². The predicted molar refractivity (Wildman–Crippen MR) is 63.2 cm³/mol. The van der Waals surface area contributed by atoms with Crippen molar-refractivity contribution in [3.63, 3.8) is 0 Å². The average molecular weight is 201 g/mol. The van der Waals surface area contributed by atoms with Gasteiger partial charge in [0.15, 0.2) is 0 Å². The summed E-state index contributed by atoms with van der Waals surface area (Å²) in [6.07, 6.45) is 6.79. The molecule has 15 heavy (non-hydrogen) atoms. The van der Waals surface area contributed by atoms with Gasteiger partial charge in [0.05, 0.1) is 0 Å². The third kappa shape index (κ3) is 1.50. The van der Waals surface area contributed by atoms with Gasteiger partial charge in [-0.15, -0.1) is 0 Å². The molecule has 1 unspecified atom stereocenters. The molecule has 3 rings (SSSR count). The lowest BCUT2D eigenvalue weighted by Gasteiger charge is -2.29. The van der Waals surface area contributed by atoms with Crippen LogP contribution in [0.2, 0.25) is 0 Å². The van der Waals surface area contributed by atoms with Crippen LogP contribution in [0.25, 0.3) is 0 Å². The number of rotatable bonds is 0. The summed E-state index contributed by atoms with van der Waals surface area (Å²) in [5.74, 6) is 0. The zero-order valence-corrected chi connectivity index (χ0v) is 9.26. The average Bonchev–Trinajstić information content (AvgIpc) is 2.66. The van der Waals surface area contributed by atoms with Gasteiger partial charge in [0.1, 0.15) is 0 Å². The number of hydrogen-bond donors (Lipinski definition) is 1. The van der Waals surface area contributed by atoms with E-state index in [-0.39, 0.29) is 0 Å². The lowest BCUT2D eigenvalue weighted by Crippen LogP contribution is -2.29. The maximum Gasteiger partial charge on any atom is 0.00925 e. The molecule has 1 saturated heterocycles. The molecule has 80 valence electrons. The number of fused-ring (bicyclic) bond motifs is 2. The molecule has 1 aromatic rings. The van der Waals surface area contributed by atoms with Crippen molar-refractivity contribution in [2.75, 3.05) is 13.1 Å². The van der Waals surface area contributed by atoms with Crippen molar-refractivity contribution in [2.45, 2.75) is 37.5 Å². The molecule has 1 N–H and O–H groups in total. The molecule has 0 radical (unpaired) electrons. The summed E-state index contributed by atoms with van der Waals surface area (Å²) < 4.78 is 0. The van der Waals surface area contributed by atoms with Crippen LogP contribution in [0.5, 0.6) is 0 Å². The quantitative estimate of drug-likeness (QED) is 0.680. The first-order chi connectivity index (χ1) is 7.41. The van der Waals surface area contributed by atoms with E-state index in [1.165, 1.54) is 45.2 Å². The molecule has 0 aromatic heterocycles. The Kier molecular flexibility index (Phi) is 2.28.